The van der Waals surface area contributed by atoms with E-state index in [0.29, 0.717) is 18.7 Å². The molecule has 0 radical (unpaired) electrons. The molecule has 0 saturated carbocycles. The van der Waals surface area contributed by atoms with Gasteiger partial charge in [0.1, 0.15) is 0 Å². The fourth-order valence-electron chi connectivity index (χ4n) is 2.21. The van der Waals surface area contributed by atoms with Gasteiger partial charge in [-0.05, 0) is 24.6 Å². The number of hydrogen-bond donors (Lipinski definition) is 1. The Morgan fingerprint density at radius 1 is 1.47 bits per heavy atom. The normalized spacial score (nSPS) is 19.7. The van der Waals surface area contributed by atoms with Gasteiger partial charge in [0.25, 0.3) is 5.91 Å². The molecule has 1 amide bonds. The summed E-state index contributed by atoms with van der Waals surface area (Å²) in [6.45, 7) is 1.21. The largest absolute Gasteiger partial charge is 0.396 e. The standard InChI is InChI=1S/C13H17NO4S/c1-19(17,18)12-4-2-3-11(7-12)13(16)14-6-5-10(8-14)9-15/h2-4,7,10,15H,5-6,8-9H2,1H3. The predicted molar refractivity (Wildman–Crippen MR) is 70.6 cm³/mol. The van der Waals surface area contributed by atoms with Crippen LogP contribution in [0.2, 0.25) is 0 Å². The van der Waals surface area contributed by atoms with E-state index < -0.39 is 9.84 Å². The minimum atomic E-state index is -3.31. The third-order valence-corrected chi connectivity index (χ3v) is 4.45. The second kappa shape index (κ2) is 5.30. The molecule has 0 aliphatic carbocycles. The molecule has 104 valence electrons. The summed E-state index contributed by atoms with van der Waals surface area (Å²) in [7, 11) is -3.31. The van der Waals surface area contributed by atoms with E-state index >= 15 is 0 Å². The molecule has 1 heterocycles. The summed E-state index contributed by atoms with van der Waals surface area (Å²) >= 11 is 0. The minimum absolute atomic E-state index is 0.0765. The summed E-state index contributed by atoms with van der Waals surface area (Å²) in [5.74, 6) is -0.0523. The van der Waals surface area contributed by atoms with Crippen molar-refractivity contribution in [3.05, 3.63) is 29.8 Å². The topological polar surface area (TPSA) is 74.7 Å². The molecule has 1 aliphatic rings. The van der Waals surface area contributed by atoms with Gasteiger partial charge in [-0.15, -0.1) is 0 Å². The number of carbonyl (C=O) groups excluding carboxylic acids is 1. The lowest BCUT2D eigenvalue weighted by Crippen LogP contribution is -2.29. The fraction of sp³-hybridized carbons (Fsp3) is 0.462. The number of sulfone groups is 1. The van der Waals surface area contributed by atoms with Crippen molar-refractivity contribution >= 4 is 15.7 Å². The first-order valence-corrected chi connectivity index (χ1v) is 8.01. The van der Waals surface area contributed by atoms with Gasteiger partial charge in [0, 0.05) is 37.4 Å². The Balaban J connectivity index is 2.21. The second-order valence-corrected chi connectivity index (χ2v) is 6.90. The molecule has 6 heteroatoms. The Hall–Kier alpha value is -1.40. The molecule has 1 aromatic carbocycles. The third-order valence-electron chi connectivity index (χ3n) is 3.34. The van der Waals surface area contributed by atoms with Crippen molar-refractivity contribution in [2.45, 2.75) is 11.3 Å². The van der Waals surface area contributed by atoms with Crippen LogP contribution in [-0.2, 0) is 9.84 Å². The van der Waals surface area contributed by atoms with E-state index in [-0.39, 0.29) is 23.3 Å². The third kappa shape index (κ3) is 3.13. The van der Waals surface area contributed by atoms with Gasteiger partial charge in [0.05, 0.1) is 4.90 Å². The molecule has 1 unspecified atom stereocenters. The zero-order valence-electron chi connectivity index (χ0n) is 10.7. The van der Waals surface area contributed by atoms with E-state index in [2.05, 4.69) is 0 Å². The van der Waals surface area contributed by atoms with Gasteiger partial charge >= 0.3 is 0 Å². The Morgan fingerprint density at radius 2 is 2.21 bits per heavy atom. The second-order valence-electron chi connectivity index (χ2n) is 4.89. The van der Waals surface area contributed by atoms with Gasteiger partial charge in [0.15, 0.2) is 9.84 Å². The van der Waals surface area contributed by atoms with Gasteiger partial charge in [-0.25, -0.2) is 8.42 Å². The van der Waals surface area contributed by atoms with Crippen molar-refractivity contribution in [1.29, 1.82) is 0 Å². The first-order valence-electron chi connectivity index (χ1n) is 6.12. The molecular weight excluding hydrogens is 266 g/mol. The SMILES string of the molecule is CS(=O)(=O)c1cccc(C(=O)N2CCC(CO)C2)c1. The van der Waals surface area contributed by atoms with Gasteiger partial charge in [-0.3, -0.25) is 4.79 Å². The van der Waals surface area contributed by atoms with Crippen molar-refractivity contribution in [2.75, 3.05) is 26.0 Å². The summed E-state index contributed by atoms with van der Waals surface area (Å²) in [6.07, 6.45) is 1.91. The number of nitrogens with zero attached hydrogens (tertiary/aromatic N) is 1. The molecule has 0 aromatic heterocycles. The molecule has 1 fully saturated rings. The first-order chi connectivity index (χ1) is 8.91. The molecule has 1 saturated heterocycles. The fourth-order valence-corrected chi connectivity index (χ4v) is 2.88. The highest BCUT2D eigenvalue weighted by Gasteiger charge is 2.26. The van der Waals surface area contributed by atoms with E-state index in [1.54, 1.807) is 17.0 Å². The van der Waals surface area contributed by atoms with E-state index in [9.17, 15) is 13.2 Å². The molecule has 1 aliphatic heterocycles. The van der Waals surface area contributed by atoms with Crippen LogP contribution in [0.15, 0.2) is 29.2 Å². The van der Waals surface area contributed by atoms with Gasteiger partial charge in [-0.1, -0.05) is 6.07 Å². The van der Waals surface area contributed by atoms with E-state index in [1.807, 2.05) is 0 Å². The number of rotatable bonds is 3. The predicted octanol–water partition coefficient (Wildman–Crippen LogP) is 0.544. The Bertz CT molecular complexity index is 582. The number of likely N-dealkylation sites (tertiary alicyclic amines) is 1. The van der Waals surface area contributed by atoms with Crippen LogP contribution in [0.25, 0.3) is 0 Å². The average Bonchev–Trinajstić information content (AvgIpc) is 2.86. The Kier molecular flexibility index (Phi) is 3.91. The highest BCUT2D eigenvalue weighted by molar-refractivity contribution is 7.90. The summed E-state index contributed by atoms with van der Waals surface area (Å²) < 4.78 is 22.9. The van der Waals surface area contributed by atoms with E-state index in [1.165, 1.54) is 12.1 Å². The lowest BCUT2D eigenvalue weighted by Gasteiger charge is -2.16. The smallest absolute Gasteiger partial charge is 0.253 e. The van der Waals surface area contributed by atoms with Crippen molar-refractivity contribution in [3.8, 4) is 0 Å². The Labute approximate surface area is 112 Å². The van der Waals surface area contributed by atoms with Crippen LogP contribution in [0.1, 0.15) is 16.8 Å². The molecule has 1 atom stereocenters. The highest BCUT2D eigenvalue weighted by Crippen LogP contribution is 2.19. The quantitative estimate of drug-likeness (QED) is 0.879. The summed E-state index contributed by atoms with van der Waals surface area (Å²) in [5.41, 5.74) is 0.376. The van der Waals surface area contributed by atoms with Crippen molar-refractivity contribution in [2.24, 2.45) is 5.92 Å². The number of aliphatic hydroxyl groups is 1. The van der Waals surface area contributed by atoms with Crippen LogP contribution < -0.4 is 0 Å². The lowest BCUT2D eigenvalue weighted by atomic mass is 10.1. The maximum atomic E-state index is 12.2. The van der Waals surface area contributed by atoms with Crippen LogP contribution in [0.4, 0.5) is 0 Å². The maximum absolute atomic E-state index is 12.2. The molecule has 5 nitrogen and oxygen atoms in total. The van der Waals surface area contributed by atoms with E-state index in [0.717, 1.165) is 12.7 Å². The van der Waals surface area contributed by atoms with E-state index in [4.69, 9.17) is 5.11 Å². The van der Waals surface area contributed by atoms with Gasteiger partial charge < -0.3 is 10.0 Å². The Morgan fingerprint density at radius 3 is 2.79 bits per heavy atom. The molecule has 2 rings (SSSR count). The van der Waals surface area contributed by atoms with Crippen LogP contribution in [-0.4, -0.2) is 50.3 Å². The summed E-state index contributed by atoms with van der Waals surface area (Å²) in [4.78, 5) is 14.0. The number of amides is 1. The van der Waals surface area contributed by atoms with Crippen molar-refractivity contribution in [3.63, 3.8) is 0 Å². The maximum Gasteiger partial charge on any atom is 0.253 e. The van der Waals surface area contributed by atoms with Gasteiger partial charge in [-0.2, -0.15) is 0 Å². The molecule has 1 N–H and O–H groups in total. The minimum Gasteiger partial charge on any atom is -0.396 e. The average molecular weight is 283 g/mol. The first kappa shape index (κ1) is 14.0. The van der Waals surface area contributed by atoms with Crippen LogP contribution >= 0.6 is 0 Å². The summed E-state index contributed by atoms with van der Waals surface area (Å²) in [5, 5.41) is 9.07. The molecule has 1 aromatic rings. The number of carbonyl (C=O) groups is 1. The molecule has 0 spiro atoms. The number of benzene rings is 1. The zero-order valence-corrected chi connectivity index (χ0v) is 11.6. The number of aliphatic hydroxyl groups excluding tert-OH is 1. The molecule has 19 heavy (non-hydrogen) atoms. The van der Waals surface area contributed by atoms with Crippen LogP contribution in [0.3, 0.4) is 0 Å². The van der Waals surface area contributed by atoms with Crippen LogP contribution in [0.5, 0.6) is 0 Å². The lowest BCUT2D eigenvalue weighted by molar-refractivity contribution is 0.0781. The molecular formula is C13H17NO4S. The number of hydrogen-bond acceptors (Lipinski definition) is 4. The van der Waals surface area contributed by atoms with Crippen molar-refractivity contribution in [1.82, 2.24) is 4.90 Å². The molecule has 0 bridgehead atoms. The highest BCUT2D eigenvalue weighted by atomic mass is 32.2. The zero-order chi connectivity index (χ0) is 14.0. The van der Waals surface area contributed by atoms with Crippen molar-refractivity contribution < 1.29 is 18.3 Å². The van der Waals surface area contributed by atoms with Crippen LogP contribution in [0, 0.1) is 5.92 Å². The van der Waals surface area contributed by atoms with Gasteiger partial charge in [0.2, 0.25) is 0 Å². The summed E-state index contributed by atoms with van der Waals surface area (Å²) in [6, 6.07) is 6.07. The monoisotopic (exact) mass is 283 g/mol.